The fourth-order valence-electron chi connectivity index (χ4n) is 2.37. The number of fused-ring (bicyclic) bond motifs is 1. The Hall–Kier alpha value is -2.14. The Labute approximate surface area is 124 Å². The number of benzene rings is 2. The summed E-state index contributed by atoms with van der Waals surface area (Å²) in [6.07, 6.45) is 3.68. The van der Waals surface area contributed by atoms with Gasteiger partial charge in [-0.1, -0.05) is 18.2 Å². The van der Waals surface area contributed by atoms with E-state index < -0.39 is 10.0 Å². The van der Waals surface area contributed by atoms with Crippen LogP contribution in [0.5, 0.6) is 0 Å². The zero-order valence-electron chi connectivity index (χ0n) is 11.7. The third-order valence-corrected chi connectivity index (χ3v) is 5.40. The SMILES string of the molecule is CN(c1ccc2c(c1)CCC=N2)S(=O)(=O)c1ccccc1. The highest BCUT2D eigenvalue weighted by molar-refractivity contribution is 7.92. The Bertz CT molecular complexity index is 783. The van der Waals surface area contributed by atoms with Crippen LogP contribution in [0.2, 0.25) is 0 Å². The van der Waals surface area contributed by atoms with Gasteiger partial charge in [0.05, 0.1) is 16.3 Å². The van der Waals surface area contributed by atoms with E-state index in [1.165, 1.54) is 4.31 Å². The summed E-state index contributed by atoms with van der Waals surface area (Å²) in [5, 5.41) is 0. The van der Waals surface area contributed by atoms with Gasteiger partial charge >= 0.3 is 0 Å². The van der Waals surface area contributed by atoms with Crippen molar-refractivity contribution in [1.82, 2.24) is 0 Å². The third-order valence-electron chi connectivity index (χ3n) is 3.60. The Morgan fingerprint density at radius 2 is 1.86 bits per heavy atom. The molecule has 0 unspecified atom stereocenters. The van der Waals surface area contributed by atoms with Gasteiger partial charge in [0.1, 0.15) is 0 Å². The van der Waals surface area contributed by atoms with Crippen LogP contribution in [0.4, 0.5) is 11.4 Å². The van der Waals surface area contributed by atoms with Gasteiger partial charge in [0.25, 0.3) is 10.0 Å². The molecule has 108 valence electrons. The lowest BCUT2D eigenvalue weighted by Gasteiger charge is -2.21. The topological polar surface area (TPSA) is 49.7 Å². The van der Waals surface area contributed by atoms with E-state index in [2.05, 4.69) is 4.99 Å². The number of aliphatic imine (C=N–C) groups is 1. The van der Waals surface area contributed by atoms with Gasteiger partial charge in [-0.2, -0.15) is 0 Å². The quantitative estimate of drug-likeness (QED) is 0.874. The minimum atomic E-state index is -3.52. The average Bonchev–Trinajstić information content (AvgIpc) is 2.54. The van der Waals surface area contributed by atoms with Crippen LogP contribution in [0, 0.1) is 0 Å². The standard InChI is InChI=1S/C16H16N2O2S/c1-18(21(19,20)15-7-3-2-4-8-15)14-9-10-16-13(12-14)6-5-11-17-16/h2-4,7-12H,5-6H2,1H3. The lowest BCUT2D eigenvalue weighted by Crippen LogP contribution is -2.26. The lowest BCUT2D eigenvalue weighted by atomic mass is 10.0. The second kappa shape index (κ2) is 5.33. The summed E-state index contributed by atoms with van der Waals surface area (Å²) in [5.74, 6) is 0. The predicted molar refractivity (Wildman–Crippen MR) is 84.9 cm³/mol. The number of anilines is 1. The van der Waals surface area contributed by atoms with Crippen LogP contribution in [0.1, 0.15) is 12.0 Å². The molecule has 0 N–H and O–H groups in total. The van der Waals surface area contributed by atoms with E-state index in [0.717, 1.165) is 24.1 Å². The first-order chi connectivity index (χ1) is 10.1. The Morgan fingerprint density at radius 3 is 2.62 bits per heavy atom. The molecule has 0 amide bonds. The van der Waals surface area contributed by atoms with Crippen LogP contribution in [0.25, 0.3) is 0 Å². The molecular weight excluding hydrogens is 284 g/mol. The molecule has 5 heteroatoms. The van der Waals surface area contributed by atoms with Crippen LogP contribution < -0.4 is 4.31 Å². The summed E-state index contributed by atoms with van der Waals surface area (Å²) in [4.78, 5) is 4.62. The number of hydrogen-bond acceptors (Lipinski definition) is 3. The van der Waals surface area contributed by atoms with Crippen molar-refractivity contribution in [2.24, 2.45) is 4.99 Å². The molecular formula is C16H16N2O2S. The monoisotopic (exact) mass is 300 g/mol. The molecule has 0 radical (unpaired) electrons. The smallest absolute Gasteiger partial charge is 0.264 e. The van der Waals surface area contributed by atoms with Crippen LogP contribution in [0.3, 0.4) is 0 Å². The van der Waals surface area contributed by atoms with Crippen molar-refractivity contribution in [3.63, 3.8) is 0 Å². The van der Waals surface area contributed by atoms with Gasteiger partial charge in [-0.25, -0.2) is 8.42 Å². The maximum atomic E-state index is 12.6. The van der Waals surface area contributed by atoms with Crippen LogP contribution in [-0.4, -0.2) is 21.7 Å². The molecule has 4 nitrogen and oxygen atoms in total. The normalized spacial score (nSPS) is 13.8. The van der Waals surface area contributed by atoms with Crippen LogP contribution in [-0.2, 0) is 16.4 Å². The van der Waals surface area contributed by atoms with Crippen molar-refractivity contribution in [2.75, 3.05) is 11.4 Å². The van der Waals surface area contributed by atoms with Crippen molar-refractivity contribution in [3.05, 3.63) is 54.1 Å². The number of sulfonamides is 1. The Kier molecular flexibility index (Phi) is 3.51. The molecule has 1 heterocycles. The van der Waals surface area contributed by atoms with E-state index in [1.54, 1.807) is 43.4 Å². The molecule has 21 heavy (non-hydrogen) atoms. The minimum absolute atomic E-state index is 0.295. The third kappa shape index (κ3) is 2.56. The minimum Gasteiger partial charge on any atom is -0.269 e. The fraction of sp³-hybridized carbons (Fsp3) is 0.188. The average molecular weight is 300 g/mol. The largest absolute Gasteiger partial charge is 0.269 e. The highest BCUT2D eigenvalue weighted by Crippen LogP contribution is 2.30. The van der Waals surface area contributed by atoms with Gasteiger partial charge in [0.15, 0.2) is 0 Å². The first-order valence-corrected chi connectivity index (χ1v) is 8.22. The van der Waals surface area contributed by atoms with E-state index in [9.17, 15) is 8.42 Å². The second-order valence-electron chi connectivity index (χ2n) is 4.95. The molecule has 0 aromatic heterocycles. The van der Waals surface area contributed by atoms with E-state index in [1.807, 2.05) is 18.3 Å². The van der Waals surface area contributed by atoms with Gasteiger partial charge in [-0.05, 0) is 48.7 Å². The summed E-state index contributed by atoms with van der Waals surface area (Å²) in [5.41, 5.74) is 2.68. The zero-order valence-corrected chi connectivity index (χ0v) is 12.5. The molecule has 0 aliphatic carbocycles. The number of aryl methyl sites for hydroxylation is 1. The summed E-state index contributed by atoms with van der Waals surface area (Å²) in [6, 6.07) is 14.0. The molecule has 0 saturated heterocycles. The second-order valence-corrected chi connectivity index (χ2v) is 6.92. The molecule has 1 aliphatic heterocycles. The maximum Gasteiger partial charge on any atom is 0.264 e. The fourth-order valence-corrected chi connectivity index (χ4v) is 3.57. The zero-order chi connectivity index (χ0) is 14.9. The van der Waals surface area contributed by atoms with E-state index in [-0.39, 0.29) is 0 Å². The number of hydrogen-bond donors (Lipinski definition) is 0. The van der Waals surface area contributed by atoms with Crippen molar-refractivity contribution >= 4 is 27.6 Å². The molecule has 1 aliphatic rings. The van der Waals surface area contributed by atoms with Crippen molar-refractivity contribution in [1.29, 1.82) is 0 Å². The molecule has 0 spiro atoms. The van der Waals surface area contributed by atoms with Crippen LogP contribution in [0.15, 0.2) is 58.4 Å². The predicted octanol–water partition coefficient (Wildman–Crippen LogP) is 3.16. The molecule has 0 bridgehead atoms. The molecule has 2 aromatic rings. The summed E-state index contributed by atoms with van der Waals surface area (Å²) in [7, 11) is -1.94. The molecule has 2 aromatic carbocycles. The molecule has 3 rings (SSSR count). The molecule has 0 saturated carbocycles. The van der Waals surface area contributed by atoms with Gasteiger partial charge < -0.3 is 0 Å². The summed E-state index contributed by atoms with van der Waals surface area (Å²) in [6.45, 7) is 0. The summed E-state index contributed by atoms with van der Waals surface area (Å²) >= 11 is 0. The lowest BCUT2D eigenvalue weighted by molar-refractivity contribution is 0.594. The first-order valence-electron chi connectivity index (χ1n) is 6.78. The van der Waals surface area contributed by atoms with Gasteiger partial charge in [0.2, 0.25) is 0 Å². The van der Waals surface area contributed by atoms with Crippen molar-refractivity contribution < 1.29 is 8.42 Å². The Balaban J connectivity index is 1.99. The van der Waals surface area contributed by atoms with Crippen molar-refractivity contribution in [3.8, 4) is 0 Å². The number of rotatable bonds is 3. The van der Waals surface area contributed by atoms with Gasteiger partial charge in [-0.15, -0.1) is 0 Å². The van der Waals surface area contributed by atoms with E-state index in [0.29, 0.717) is 10.6 Å². The highest BCUT2D eigenvalue weighted by atomic mass is 32.2. The first kappa shape index (κ1) is 13.8. The molecule has 0 atom stereocenters. The van der Waals surface area contributed by atoms with Gasteiger partial charge in [0, 0.05) is 13.3 Å². The van der Waals surface area contributed by atoms with E-state index >= 15 is 0 Å². The Morgan fingerprint density at radius 1 is 1.10 bits per heavy atom. The van der Waals surface area contributed by atoms with Gasteiger partial charge in [-0.3, -0.25) is 9.30 Å². The van der Waals surface area contributed by atoms with Crippen LogP contribution >= 0.6 is 0 Å². The molecule has 0 fully saturated rings. The number of nitrogens with zero attached hydrogens (tertiary/aromatic N) is 2. The maximum absolute atomic E-state index is 12.6. The highest BCUT2D eigenvalue weighted by Gasteiger charge is 2.21. The summed E-state index contributed by atoms with van der Waals surface area (Å²) < 4.78 is 26.5. The van der Waals surface area contributed by atoms with E-state index in [4.69, 9.17) is 0 Å². The van der Waals surface area contributed by atoms with Crippen molar-refractivity contribution in [2.45, 2.75) is 17.7 Å².